The number of hydrogen-bond acceptors (Lipinski definition) is 2. The van der Waals surface area contributed by atoms with E-state index in [-0.39, 0.29) is 16.9 Å². The molecule has 2 aromatic rings. The maximum Gasteiger partial charge on any atom is 0.336 e. The van der Waals surface area contributed by atoms with Crippen molar-refractivity contribution in [3.8, 4) is 29.2 Å². The van der Waals surface area contributed by atoms with Gasteiger partial charge in [-0.1, -0.05) is 36.3 Å². The van der Waals surface area contributed by atoms with E-state index in [0.717, 1.165) is 0 Å². The van der Waals surface area contributed by atoms with Crippen molar-refractivity contribution in [2.75, 3.05) is 0 Å². The number of phenolic OH excluding ortho intramolecular Hbond substituents is 1. The Bertz CT molecular complexity index is 651. The van der Waals surface area contributed by atoms with Gasteiger partial charge in [0.2, 0.25) is 0 Å². The van der Waals surface area contributed by atoms with Gasteiger partial charge < -0.3 is 10.2 Å². The zero-order valence-electron chi connectivity index (χ0n) is 9.42. The largest absolute Gasteiger partial charge is 0.507 e. The summed E-state index contributed by atoms with van der Waals surface area (Å²) in [7, 11) is 0. The van der Waals surface area contributed by atoms with E-state index in [1.807, 2.05) is 0 Å². The molecule has 0 heterocycles. The second kappa shape index (κ2) is 4.64. The van der Waals surface area contributed by atoms with Crippen LogP contribution in [0.4, 0.5) is 0 Å². The average molecular weight is 238 g/mol. The third-order valence-electron chi connectivity index (χ3n) is 2.63. The van der Waals surface area contributed by atoms with Crippen LogP contribution in [0.15, 0.2) is 42.5 Å². The molecule has 0 aromatic heterocycles. The van der Waals surface area contributed by atoms with Crippen molar-refractivity contribution in [2.24, 2.45) is 0 Å². The standard InChI is InChI=1S/C15H10O3/c1-2-10-11(7-5-8-13(10)15(17)18)12-6-3-4-9-14(12)16/h1,3-9,16H,(H,17,18). The summed E-state index contributed by atoms with van der Waals surface area (Å²) in [6.07, 6.45) is 5.38. The van der Waals surface area contributed by atoms with Crippen LogP contribution >= 0.6 is 0 Å². The molecule has 0 bridgehead atoms. The number of hydrogen-bond donors (Lipinski definition) is 2. The Balaban J connectivity index is 2.74. The molecule has 0 saturated heterocycles. The molecule has 2 N–H and O–H groups in total. The first kappa shape index (κ1) is 11.7. The van der Waals surface area contributed by atoms with Gasteiger partial charge in [-0.3, -0.25) is 0 Å². The van der Waals surface area contributed by atoms with E-state index >= 15 is 0 Å². The van der Waals surface area contributed by atoms with Gasteiger partial charge in [-0.15, -0.1) is 6.42 Å². The summed E-state index contributed by atoms with van der Waals surface area (Å²) >= 11 is 0. The maximum atomic E-state index is 11.1. The average Bonchev–Trinajstić information content (AvgIpc) is 2.38. The van der Waals surface area contributed by atoms with E-state index in [2.05, 4.69) is 5.92 Å². The van der Waals surface area contributed by atoms with E-state index in [1.54, 1.807) is 30.3 Å². The summed E-state index contributed by atoms with van der Waals surface area (Å²) in [4.78, 5) is 11.1. The highest BCUT2D eigenvalue weighted by Gasteiger charge is 2.14. The molecule has 0 aliphatic heterocycles. The highest BCUT2D eigenvalue weighted by atomic mass is 16.4. The number of aromatic carboxylic acids is 1. The number of rotatable bonds is 2. The van der Waals surface area contributed by atoms with Crippen molar-refractivity contribution < 1.29 is 15.0 Å². The summed E-state index contributed by atoms with van der Waals surface area (Å²) in [5, 5.41) is 18.9. The summed E-state index contributed by atoms with van der Waals surface area (Å²) in [5.41, 5.74) is 1.38. The monoisotopic (exact) mass is 238 g/mol. The molecule has 0 unspecified atom stereocenters. The fourth-order valence-corrected chi connectivity index (χ4v) is 1.81. The van der Waals surface area contributed by atoms with Gasteiger partial charge in [-0.25, -0.2) is 4.79 Å². The number of para-hydroxylation sites is 1. The Morgan fingerprint density at radius 1 is 1.06 bits per heavy atom. The van der Waals surface area contributed by atoms with Gasteiger partial charge in [-0.2, -0.15) is 0 Å². The lowest BCUT2D eigenvalue weighted by Crippen LogP contribution is -2.01. The lowest BCUT2D eigenvalue weighted by atomic mass is 9.95. The van der Waals surface area contributed by atoms with Crippen molar-refractivity contribution in [3.63, 3.8) is 0 Å². The van der Waals surface area contributed by atoms with Crippen LogP contribution in [-0.2, 0) is 0 Å². The zero-order valence-corrected chi connectivity index (χ0v) is 9.42. The van der Waals surface area contributed by atoms with E-state index in [4.69, 9.17) is 11.5 Å². The topological polar surface area (TPSA) is 57.5 Å². The van der Waals surface area contributed by atoms with Crippen LogP contribution in [0.2, 0.25) is 0 Å². The number of carboxylic acids is 1. The van der Waals surface area contributed by atoms with Gasteiger partial charge in [0.25, 0.3) is 0 Å². The third-order valence-corrected chi connectivity index (χ3v) is 2.63. The van der Waals surface area contributed by atoms with Crippen molar-refractivity contribution in [3.05, 3.63) is 53.6 Å². The number of terminal acetylenes is 1. The van der Waals surface area contributed by atoms with Crippen LogP contribution in [0.3, 0.4) is 0 Å². The van der Waals surface area contributed by atoms with Crippen molar-refractivity contribution >= 4 is 5.97 Å². The fraction of sp³-hybridized carbons (Fsp3) is 0. The summed E-state index contributed by atoms with van der Waals surface area (Å²) in [6.45, 7) is 0. The van der Waals surface area contributed by atoms with Crippen LogP contribution < -0.4 is 0 Å². The number of aromatic hydroxyl groups is 1. The molecule has 0 spiro atoms. The second-order valence-corrected chi connectivity index (χ2v) is 3.69. The molecule has 0 amide bonds. The van der Waals surface area contributed by atoms with Crippen molar-refractivity contribution in [2.45, 2.75) is 0 Å². The molecular weight excluding hydrogens is 228 g/mol. The van der Waals surface area contributed by atoms with Gasteiger partial charge in [0.1, 0.15) is 5.75 Å². The Labute approximate surface area is 104 Å². The molecule has 0 fully saturated rings. The molecule has 3 heteroatoms. The molecule has 88 valence electrons. The predicted octanol–water partition coefficient (Wildman–Crippen LogP) is 2.74. The molecule has 0 saturated carbocycles. The van der Waals surface area contributed by atoms with Gasteiger partial charge in [0, 0.05) is 16.7 Å². The molecule has 0 aliphatic carbocycles. The molecule has 3 nitrogen and oxygen atoms in total. The smallest absolute Gasteiger partial charge is 0.336 e. The highest BCUT2D eigenvalue weighted by Crippen LogP contribution is 2.32. The third kappa shape index (κ3) is 1.92. The number of phenols is 1. The van der Waals surface area contributed by atoms with E-state index in [0.29, 0.717) is 11.1 Å². The van der Waals surface area contributed by atoms with Crippen LogP contribution in [0.5, 0.6) is 5.75 Å². The second-order valence-electron chi connectivity index (χ2n) is 3.69. The Kier molecular flexibility index (Phi) is 3.03. The molecule has 18 heavy (non-hydrogen) atoms. The normalized spacial score (nSPS) is 9.72. The molecule has 0 radical (unpaired) electrons. The Morgan fingerprint density at radius 3 is 2.33 bits per heavy atom. The molecule has 2 rings (SSSR count). The minimum absolute atomic E-state index is 0.0539. The quantitative estimate of drug-likeness (QED) is 0.791. The first-order valence-electron chi connectivity index (χ1n) is 5.26. The summed E-state index contributed by atoms with van der Waals surface area (Å²) < 4.78 is 0. The van der Waals surface area contributed by atoms with Crippen molar-refractivity contribution in [1.29, 1.82) is 0 Å². The molecule has 0 aliphatic rings. The minimum Gasteiger partial charge on any atom is -0.507 e. The number of carboxylic acid groups (broad SMARTS) is 1. The summed E-state index contributed by atoms with van der Waals surface area (Å²) in [6, 6.07) is 11.4. The molecule has 0 atom stereocenters. The Morgan fingerprint density at radius 2 is 1.72 bits per heavy atom. The lowest BCUT2D eigenvalue weighted by Gasteiger charge is -2.09. The zero-order chi connectivity index (χ0) is 13.1. The highest BCUT2D eigenvalue weighted by molar-refractivity contribution is 5.94. The van der Waals surface area contributed by atoms with E-state index in [9.17, 15) is 9.90 Å². The number of benzene rings is 2. The van der Waals surface area contributed by atoms with Gasteiger partial charge in [0.05, 0.1) is 5.56 Å². The van der Waals surface area contributed by atoms with Gasteiger partial charge in [-0.05, 0) is 12.1 Å². The van der Waals surface area contributed by atoms with Crippen LogP contribution in [-0.4, -0.2) is 16.2 Å². The minimum atomic E-state index is -1.08. The fourth-order valence-electron chi connectivity index (χ4n) is 1.81. The van der Waals surface area contributed by atoms with Gasteiger partial charge in [0.15, 0.2) is 0 Å². The SMILES string of the molecule is C#Cc1c(C(=O)O)cccc1-c1ccccc1O. The van der Waals surface area contributed by atoms with Crippen molar-refractivity contribution in [1.82, 2.24) is 0 Å². The first-order valence-corrected chi connectivity index (χ1v) is 5.26. The van der Waals surface area contributed by atoms with Crippen LogP contribution in [0, 0.1) is 12.3 Å². The van der Waals surface area contributed by atoms with E-state index < -0.39 is 5.97 Å². The molecular formula is C15H10O3. The summed E-state index contributed by atoms with van der Waals surface area (Å²) in [5.74, 6) is 1.36. The first-order chi connectivity index (χ1) is 8.65. The maximum absolute atomic E-state index is 11.1. The van der Waals surface area contributed by atoms with E-state index in [1.165, 1.54) is 12.1 Å². The predicted molar refractivity (Wildman–Crippen MR) is 68.4 cm³/mol. The van der Waals surface area contributed by atoms with Crippen LogP contribution in [0.1, 0.15) is 15.9 Å². The van der Waals surface area contributed by atoms with Crippen LogP contribution in [0.25, 0.3) is 11.1 Å². The van der Waals surface area contributed by atoms with Gasteiger partial charge >= 0.3 is 5.97 Å². The lowest BCUT2D eigenvalue weighted by molar-refractivity contribution is 0.0696. The number of carbonyl (C=O) groups is 1. The molecule has 2 aromatic carbocycles. The Hall–Kier alpha value is -2.73.